The Labute approximate surface area is 97.8 Å². The molecule has 3 rings (SSSR count). The number of hydrogen-bond acceptors (Lipinski definition) is 5. The van der Waals surface area contributed by atoms with Crippen LogP contribution >= 0.6 is 0 Å². The van der Waals surface area contributed by atoms with Crippen molar-refractivity contribution < 1.29 is 24.0 Å². The van der Waals surface area contributed by atoms with E-state index in [0.29, 0.717) is 16.9 Å². The van der Waals surface area contributed by atoms with Gasteiger partial charge in [0.05, 0.1) is 0 Å². The predicted octanol–water partition coefficient (Wildman–Crippen LogP) is 1.00. The molecule has 2 amide bonds. The lowest BCUT2D eigenvalue weighted by Crippen LogP contribution is -2.33. The molecule has 1 unspecified atom stereocenters. The number of hydrogen-bond donors (Lipinski definition) is 0. The van der Waals surface area contributed by atoms with Gasteiger partial charge in [0.15, 0.2) is 0 Å². The van der Waals surface area contributed by atoms with Crippen molar-refractivity contribution in [2.75, 3.05) is 0 Å². The summed E-state index contributed by atoms with van der Waals surface area (Å²) in [7, 11) is 0. The number of ether oxygens (including phenoxy) is 1. The molecule has 0 bridgehead atoms. The molecule has 0 spiro atoms. The van der Waals surface area contributed by atoms with Crippen LogP contribution in [0.5, 0.6) is 0 Å². The minimum atomic E-state index is -0.945. The number of carbonyl (C=O) groups excluding carboxylic acids is 3. The molecule has 3 fully saturated rings. The third-order valence-corrected chi connectivity index (χ3v) is 3.63. The molecule has 1 aliphatic heterocycles. The van der Waals surface area contributed by atoms with Gasteiger partial charge in [-0.05, 0) is 31.1 Å². The largest absolute Gasteiger partial charge is 0.534 e. The Bertz CT molecular complexity index is 367. The zero-order valence-electron chi connectivity index (χ0n) is 9.26. The van der Waals surface area contributed by atoms with Crippen LogP contribution in [0.15, 0.2) is 0 Å². The first-order valence-electron chi connectivity index (χ1n) is 5.88. The van der Waals surface area contributed by atoms with Crippen LogP contribution in [0.4, 0.5) is 4.79 Å². The van der Waals surface area contributed by atoms with E-state index in [1.807, 2.05) is 0 Å². The van der Waals surface area contributed by atoms with Gasteiger partial charge in [-0.1, -0.05) is 5.06 Å². The Hall–Kier alpha value is -1.59. The maximum absolute atomic E-state index is 11.4. The molecule has 6 heteroatoms. The minimum Gasteiger partial charge on any atom is -0.429 e. The molecule has 0 aromatic heterocycles. The van der Waals surface area contributed by atoms with Gasteiger partial charge in [0.1, 0.15) is 6.10 Å². The Morgan fingerprint density at radius 1 is 1.06 bits per heavy atom. The van der Waals surface area contributed by atoms with Crippen LogP contribution in [0, 0.1) is 11.8 Å². The molecular weight excluding hydrogens is 226 g/mol. The van der Waals surface area contributed by atoms with E-state index in [9.17, 15) is 14.4 Å². The molecule has 3 aliphatic rings. The van der Waals surface area contributed by atoms with Crippen LogP contribution in [-0.4, -0.2) is 29.1 Å². The first-order chi connectivity index (χ1) is 8.13. The van der Waals surface area contributed by atoms with Gasteiger partial charge in [0.25, 0.3) is 11.8 Å². The highest BCUT2D eigenvalue weighted by Gasteiger charge is 2.47. The summed E-state index contributed by atoms with van der Waals surface area (Å²) in [4.78, 5) is 38.4. The van der Waals surface area contributed by atoms with E-state index in [-0.39, 0.29) is 18.9 Å². The lowest BCUT2D eigenvalue weighted by molar-refractivity contribution is -0.178. The van der Waals surface area contributed by atoms with Gasteiger partial charge in [-0.15, -0.1) is 0 Å². The van der Waals surface area contributed by atoms with Gasteiger partial charge in [0, 0.05) is 12.8 Å². The summed E-state index contributed by atoms with van der Waals surface area (Å²) in [5, 5.41) is 0.512. The summed E-state index contributed by atoms with van der Waals surface area (Å²) >= 11 is 0. The first-order valence-corrected chi connectivity index (χ1v) is 5.88. The Balaban J connectivity index is 1.49. The van der Waals surface area contributed by atoms with E-state index >= 15 is 0 Å². The molecule has 0 N–H and O–H groups in total. The Morgan fingerprint density at radius 2 is 1.65 bits per heavy atom. The van der Waals surface area contributed by atoms with Gasteiger partial charge in [-0.2, -0.15) is 0 Å². The van der Waals surface area contributed by atoms with Crippen LogP contribution in [-0.2, 0) is 19.2 Å². The highest BCUT2D eigenvalue weighted by atomic mass is 16.8. The second-order valence-electron chi connectivity index (χ2n) is 4.89. The van der Waals surface area contributed by atoms with Crippen molar-refractivity contribution in [1.82, 2.24) is 5.06 Å². The average Bonchev–Trinajstić information content (AvgIpc) is 2.78. The third-order valence-electron chi connectivity index (χ3n) is 3.63. The molecule has 1 saturated heterocycles. The van der Waals surface area contributed by atoms with E-state index in [4.69, 9.17) is 4.74 Å². The summed E-state index contributed by atoms with van der Waals surface area (Å²) in [6, 6.07) is 0. The maximum atomic E-state index is 11.4. The fourth-order valence-corrected chi connectivity index (χ4v) is 2.65. The van der Waals surface area contributed by atoms with Gasteiger partial charge >= 0.3 is 6.16 Å². The van der Waals surface area contributed by atoms with Crippen molar-refractivity contribution >= 4 is 18.0 Å². The topological polar surface area (TPSA) is 72.9 Å². The van der Waals surface area contributed by atoms with Gasteiger partial charge < -0.3 is 4.74 Å². The molecular formula is C11H13NO5. The molecule has 3 atom stereocenters. The zero-order valence-corrected chi connectivity index (χ0v) is 9.26. The summed E-state index contributed by atoms with van der Waals surface area (Å²) in [6.45, 7) is 0. The van der Waals surface area contributed by atoms with Crippen molar-refractivity contribution in [3.8, 4) is 0 Å². The fraction of sp³-hybridized carbons (Fsp3) is 0.727. The molecule has 0 radical (unpaired) electrons. The van der Waals surface area contributed by atoms with E-state index in [1.165, 1.54) is 6.42 Å². The van der Waals surface area contributed by atoms with Crippen LogP contribution in [0.2, 0.25) is 0 Å². The quantitative estimate of drug-likeness (QED) is 0.531. The minimum absolute atomic E-state index is 0.0969. The summed E-state index contributed by atoms with van der Waals surface area (Å²) in [6.07, 6.45) is 2.12. The Morgan fingerprint density at radius 3 is 2.24 bits per heavy atom. The molecule has 1 heterocycles. The molecule has 92 valence electrons. The standard InChI is InChI=1S/C11H13NO5/c13-9-1-2-10(14)12(9)17-11(15)16-8-4-6-3-7(6)5-8/h6-8H,1-5H2/t6-,7+,8?. The summed E-state index contributed by atoms with van der Waals surface area (Å²) < 4.78 is 5.06. The van der Waals surface area contributed by atoms with Crippen LogP contribution in [0.3, 0.4) is 0 Å². The lowest BCUT2D eigenvalue weighted by atomic mass is 10.2. The molecule has 17 heavy (non-hydrogen) atoms. The van der Waals surface area contributed by atoms with Crippen LogP contribution < -0.4 is 0 Å². The number of carbonyl (C=O) groups is 3. The van der Waals surface area contributed by atoms with Crippen molar-refractivity contribution in [1.29, 1.82) is 0 Å². The number of amides is 2. The second kappa shape index (κ2) is 3.72. The number of imide groups is 1. The fourth-order valence-electron chi connectivity index (χ4n) is 2.65. The van der Waals surface area contributed by atoms with Crippen LogP contribution in [0.1, 0.15) is 32.1 Å². The van der Waals surface area contributed by atoms with Crippen molar-refractivity contribution in [2.45, 2.75) is 38.2 Å². The number of hydroxylamine groups is 2. The maximum Gasteiger partial charge on any atom is 0.534 e. The van der Waals surface area contributed by atoms with Gasteiger partial charge in [0.2, 0.25) is 0 Å². The van der Waals surface area contributed by atoms with Crippen molar-refractivity contribution in [3.05, 3.63) is 0 Å². The molecule has 0 aromatic rings. The monoisotopic (exact) mass is 239 g/mol. The number of fused-ring (bicyclic) bond motifs is 1. The Kier molecular flexibility index (Phi) is 2.31. The molecule has 6 nitrogen and oxygen atoms in total. The molecule has 2 saturated carbocycles. The van der Waals surface area contributed by atoms with Crippen molar-refractivity contribution in [3.63, 3.8) is 0 Å². The average molecular weight is 239 g/mol. The third kappa shape index (κ3) is 1.99. The molecule has 2 aliphatic carbocycles. The second-order valence-corrected chi connectivity index (χ2v) is 4.89. The number of nitrogens with zero attached hydrogens (tertiary/aromatic N) is 1. The van der Waals surface area contributed by atoms with E-state index in [0.717, 1.165) is 12.8 Å². The van der Waals surface area contributed by atoms with Gasteiger partial charge in [-0.3, -0.25) is 14.4 Å². The van der Waals surface area contributed by atoms with Crippen LogP contribution in [0.25, 0.3) is 0 Å². The lowest BCUT2D eigenvalue weighted by Gasteiger charge is -2.16. The van der Waals surface area contributed by atoms with E-state index in [1.54, 1.807) is 0 Å². The first kappa shape index (κ1) is 10.6. The molecule has 0 aromatic carbocycles. The zero-order chi connectivity index (χ0) is 12.0. The normalized spacial score (nSPS) is 34.8. The smallest absolute Gasteiger partial charge is 0.429 e. The van der Waals surface area contributed by atoms with E-state index < -0.39 is 18.0 Å². The SMILES string of the molecule is O=C(OC1C[C@@H]2C[C@@H]2C1)ON1C(=O)CCC1=O. The summed E-state index contributed by atoms with van der Waals surface area (Å²) in [5.74, 6) is 0.424. The van der Waals surface area contributed by atoms with E-state index in [2.05, 4.69) is 4.84 Å². The highest BCUT2D eigenvalue weighted by Crippen LogP contribution is 2.52. The van der Waals surface area contributed by atoms with Crippen molar-refractivity contribution in [2.24, 2.45) is 11.8 Å². The predicted molar refractivity (Wildman–Crippen MR) is 53.3 cm³/mol. The number of rotatable bonds is 2. The highest BCUT2D eigenvalue weighted by molar-refractivity contribution is 6.01. The summed E-state index contributed by atoms with van der Waals surface area (Å²) in [5.41, 5.74) is 0. The van der Waals surface area contributed by atoms with Gasteiger partial charge in [-0.25, -0.2) is 4.79 Å².